The first-order valence-electron chi connectivity index (χ1n) is 13.9. The molecule has 1 unspecified atom stereocenters. The average molecular weight is 592 g/mol. The number of nitrogens with zero attached hydrogens (tertiary/aromatic N) is 3. The lowest BCUT2D eigenvalue weighted by molar-refractivity contribution is 0.0990. The molecule has 3 aromatic carbocycles. The van der Waals surface area contributed by atoms with Crippen molar-refractivity contribution in [1.29, 1.82) is 0 Å². The van der Waals surface area contributed by atoms with E-state index in [1.165, 1.54) is 47.2 Å². The molecule has 1 atom stereocenters. The van der Waals surface area contributed by atoms with Gasteiger partial charge in [0.25, 0.3) is 5.56 Å². The van der Waals surface area contributed by atoms with Crippen LogP contribution < -0.4 is 10.3 Å². The van der Waals surface area contributed by atoms with E-state index in [1.807, 2.05) is 30.3 Å². The van der Waals surface area contributed by atoms with Crippen molar-refractivity contribution in [2.45, 2.75) is 26.4 Å². The highest BCUT2D eigenvalue weighted by Gasteiger charge is 2.19. The Bertz CT molecular complexity index is 2080. The minimum atomic E-state index is -0.678. The number of carbonyl (C=O) groups is 1. The fraction of sp³-hybridized carbons (Fsp3) is 0.114. The SMILES string of the molecule is Cc1ccn(-c2ccc(F)cc2)c(=O)c1C(=O)Cc1ccc(Oc2ccnn3ccc(-c4cccc(C(C)O)c4)c23)c(F)c1. The number of ether oxygens (including phenoxy) is 1. The molecule has 44 heavy (non-hydrogen) atoms. The molecule has 0 fully saturated rings. The van der Waals surface area contributed by atoms with Crippen LogP contribution in [0, 0.1) is 18.6 Å². The number of Topliss-reactive ketones (excluding diaryl/α,β-unsaturated/α-hetero) is 1. The van der Waals surface area contributed by atoms with Crippen molar-refractivity contribution in [3.05, 3.63) is 148 Å². The fourth-order valence-corrected chi connectivity index (χ4v) is 5.20. The van der Waals surface area contributed by atoms with Crippen LogP contribution >= 0.6 is 0 Å². The van der Waals surface area contributed by atoms with Gasteiger partial charge in [-0.25, -0.2) is 13.3 Å². The third-order valence-corrected chi connectivity index (χ3v) is 7.46. The van der Waals surface area contributed by atoms with Gasteiger partial charge in [0.1, 0.15) is 11.3 Å². The van der Waals surface area contributed by atoms with Crippen LogP contribution in [-0.2, 0) is 6.42 Å². The van der Waals surface area contributed by atoms with Crippen LogP contribution in [0.2, 0.25) is 0 Å². The van der Waals surface area contributed by atoms with E-state index >= 15 is 4.39 Å². The predicted molar refractivity (Wildman–Crippen MR) is 163 cm³/mol. The Morgan fingerprint density at radius 3 is 2.50 bits per heavy atom. The molecule has 0 saturated carbocycles. The maximum absolute atomic E-state index is 15.4. The quantitative estimate of drug-likeness (QED) is 0.193. The number of hydrogen-bond acceptors (Lipinski definition) is 5. The molecule has 0 spiro atoms. The second kappa shape index (κ2) is 11.7. The molecule has 3 aromatic heterocycles. The van der Waals surface area contributed by atoms with Gasteiger partial charge in [-0.2, -0.15) is 5.10 Å². The number of rotatable bonds is 8. The summed E-state index contributed by atoms with van der Waals surface area (Å²) in [5.41, 5.74) is 3.73. The van der Waals surface area contributed by atoms with E-state index in [2.05, 4.69) is 5.10 Å². The summed E-state index contributed by atoms with van der Waals surface area (Å²) in [7, 11) is 0. The van der Waals surface area contributed by atoms with Crippen LogP contribution in [0.25, 0.3) is 22.3 Å². The Kier molecular flexibility index (Phi) is 7.63. The molecule has 0 aliphatic rings. The van der Waals surface area contributed by atoms with Crippen molar-refractivity contribution in [1.82, 2.24) is 14.2 Å². The molecule has 6 rings (SSSR count). The lowest BCUT2D eigenvalue weighted by Crippen LogP contribution is -2.27. The zero-order chi connectivity index (χ0) is 31.0. The summed E-state index contributed by atoms with van der Waals surface area (Å²) in [5, 5.41) is 14.4. The number of ketones is 1. The first-order chi connectivity index (χ1) is 21.2. The summed E-state index contributed by atoms with van der Waals surface area (Å²) >= 11 is 0. The maximum Gasteiger partial charge on any atom is 0.266 e. The van der Waals surface area contributed by atoms with Crippen molar-refractivity contribution in [2.75, 3.05) is 0 Å². The second-order valence-corrected chi connectivity index (χ2v) is 10.5. The second-order valence-electron chi connectivity index (χ2n) is 10.5. The number of hydrogen-bond donors (Lipinski definition) is 1. The summed E-state index contributed by atoms with van der Waals surface area (Å²) in [6, 6.07) is 22.2. The van der Waals surface area contributed by atoms with Crippen LogP contribution in [0.3, 0.4) is 0 Å². The van der Waals surface area contributed by atoms with E-state index in [1.54, 1.807) is 49.0 Å². The van der Waals surface area contributed by atoms with Gasteiger partial charge in [-0.3, -0.25) is 14.2 Å². The topological polar surface area (TPSA) is 85.8 Å². The first-order valence-corrected chi connectivity index (χ1v) is 13.9. The third kappa shape index (κ3) is 5.52. The van der Waals surface area contributed by atoms with E-state index in [0.29, 0.717) is 28.1 Å². The monoisotopic (exact) mass is 591 g/mol. The normalized spacial score (nSPS) is 11.9. The van der Waals surface area contributed by atoms with Gasteiger partial charge in [0.2, 0.25) is 0 Å². The van der Waals surface area contributed by atoms with E-state index < -0.39 is 29.1 Å². The lowest BCUT2D eigenvalue weighted by Gasteiger charge is -2.12. The van der Waals surface area contributed by atoms with Gasteiger partial charge >= 0.3 is 0 Å². The molecular weight excluding hydrogens is 564 g/mol. The molecule has 1 N–H and O–H groups in total. The molecule has 6 aromatic rings. The Morgan fingerprint density at radius 2 is 1.75 bits per heavy atom. The van der Waals surface area contributed by atoms with Crippen LogP contribution in [0.5, 0.6) is 11.5 Å². The minimum absolute atomic E-state index is 0.0165. The van der Waals surface area contributed by atoms with Gasteiger partial charge in [-0.05, 0) is 90.7 Å². The van der Waals surface area contributed by atoms with Crippen LogP contribution in [0.15, 0.2) is 108 Å². The van der Waals surface area contributed by atoms with Gasteiger partial charge in [0.05, 0.1) is 17.9 Å². The van der Waals surface area contributed by atoms with Crippen LogP contribution in [0.1, 0.15) is 40.1 Å². The standard InChI is InChI=1S/C35H27F2N3O4/c1-21-13-16-39(27-9-7-26(36)8-10-27)35(43)33(21)30(42)19-23-6-11-31(29(37)18-23)44-32-12-15-38-40-17-14-28(34(32)40)25-5-3-4-24(20-25)22(2)41/h3-18,20,22,41H,19H2,1-2H3. The number of aliphatic hydroxyl groups excluding tert-OH is 1. The molecule has 0 aliphatic heterocycles. The summed E-state index contributed by atoms with van der Waals surface area (Å²) in [6.45, 7) is 3.35. The highest BCUT2D eigenvalue weighted by molar-refractivity contribution is 5.98. The molecule has 9 heteroatoms. The molecule has 220 valence electrons. The van der Waals surface area contributed by atoms with Gasteiger partial charge in [-0.1, -0.05) is 24.3 Å². The van der Waals surface area contributed by atoms with Gasteiger partial charge in [0.15, 0.2) is 23.1 Å². The molecule has 0 saturated heterocycles. The Morgan fingerprint density at radius 1 is 0.955 bits per heavy atom. The maximum atomic E-state index is 15.4. The molecule has 3 heterocycles. The molecule has 0 aliphatic carbocycles. The van der Waals surface area contributed by atoms with Crippen molar-refractivity contribution in [3.8, 4) is 28.3 Å². The third-order valence-electron chi connectivity index (χ3n) is 7.46. The molecule has 7 nitrogen and oxygen atoms in total. The Balaban J connectivity index is 1.27. The molecular formula is C35H27F2N3O4. The summed E-state index contributed by atoms with van der Waals surface area (Å²) in [5.74, 6) is -1.27. The van der Waals surface area contributed by atoms with E-state index in [9.17, 15) is 19.1 Å². The van der Waals surface area contributed by atoms with E-state index in [4.69, 9.17) is 4.74 Å². The number of pyridine rings is 1. The number of fused-ring (bicyclic) bond motifs is 1. The zero-order valence-corrected chi connectivity index (χ0v) is 23.9. The van der Waals surface area contributed by atoms with Crippen molar-refractivity contribution >= 4 is 11.3 Å². The van der Waals surface area contributed by atoms with Crippen molar-refractivity contribution in [2.24, 2.45) is 0 Å². The zero-order valence-electron chi connectivity index (χ0n) is 23.9. The summed E-state index contributed by atoms with van der Waals surface area (Å²) in [4.78, 5) is 26.5. The number of aromatic nitrogens is 3. The van der Waals surface area contributed by atoms with Crippen LogP contribution in [0.4, 0.5) is 8.78 Å². The summed E-state index contributed by atoms with van der Waals surface area (Å²) in [6.07, 6.45) is 4.00. The first kappa shape index (κ1) is 28.7. The van der Waals surface area contributed by atoms with E-state index in [0.717, 1.165) is 16.7 Å². The lowest BCUT2D eigenvalue weighted by atomic mass is 10.0. The van der Waals surface area contributed by atoms with Gasteiger partial charge in [0, 0.05) is 36.1 Å². The number of aryl methyl sites for hydroxylation is 1. The molecule has 0 bridgehead atoms. The highest BCUT2D eigenvalue weighted by Crippen LogP contribution is 2.36. The van der Waals surface area contributed by atoms with Gasteiger partial charge < -0.3 is 9.84 Å². The number of benzene rings is 3. The molecule has 0 radical (unpaired) electrons. The molecule has 0 amide bonds. The van der Waals surface area contributed by atoms with Crippen molar-refractivity contribution in [3.63, 3.8) is 0 Å². The number of carbonyl (C=O) groups excluding carboxylic acids is 1. The van der Waals surface area contributed by atoms with Crippen LogP contribution in [-0.4, -0.2) is 25.1 Å². The summed E-state index contributed by atoms with van der Waals surface area (Å²) < 4.78 is 37.7. The highest BCUT2D eigenvalue weighted by atomic mass is 19.1. The number of aliphatic hydroxyl groups is 1. The van der Waals surface area contributed by atoms with Crippen molar-refractivity contribution < 1.29 is 23.4 Å². The largest absolute Gasteiger partial charge is 0.452 e. The average Bonchev–Trinajstić information content (AvgIpc) is 3.45. The predicted octanol–water partition coefficient (Wildman–Crippen LogP) is 7.01. The minimum Gasteiger partial charge on any atom is -0.452 e. The Labute approximate surface area is 251 Å². The van der Waals surface area contributed by atoms with Gasteiger partial charge in [-0.15, -0.1) is 0 Å². The van der Waals surface area contributed by atoms with E-state index in [-0.39, 0.29) is 17.7 Å². The number of halogens is 2. The fourth-order valence-electron chi connectivity index (χ4n) is 5.20. The smallest absolute Gasteiger partial charge is 0.266 e. The Hall–Kier alpha value is -5.41.